The van der Waals surface area contributed by atoms with E-state index in [-0.39, 0.29) is 6.04 Å². The third-order valence-corrected chi connectivity index (χ3v) is 3.37. The average molecular weight is 199 g/mol. The van der Waals surface area contributed by atoms with Crippen LogP contribution >= 0.6 is 11.6 Å². The number of fused-ring (bicyclic) bond motifs is 1. The molecular weight excluding hydrogens is 184 g/mol. The first kappa shape index (κ1) is 9.10. The van der Waals surface area contributed by atoms with Crippen LogP contribution in [0, 0.1) is 5.92 Å². The lowest BCUT2D eigenvalue weighted by atomic mass is 9.89. The molecule has 0 bridgehead atoms. The summed E-state index contributed by atoms with van der Waals surface area (Å²) < 4.78 is 0. The Bertz CT molecular complexity index is 317. The van der Waals surface area contributed by atoms with Crippen molar-refractivity contribution in [1.82, 2.24) is 4.98 Å². The molecule has 0 amide bonds. The van der Waals surface area contributed by atoms with Gasteiger partial charge in [-0.25, -0.2) is 0 Å². The van der Waals surface area contributed by atoms with Gasteiger partial charge in [0.2, 0.25) is 0 Å². The summed E-state index contributed by atoms with van der Waals surface area (Å²) >= 11 is 6.02. The van der Waals surface area contributed by atoms with E-state index in [0.29, 0.717) is 11.8 Å². The summed E-state index contributed by atoms with van der Waals surface area (Å²) in [5.41, 5.74) is 8.56. The van der Waals surface area contributed by atoms with Crippen LogP contribution in [0.1, 0.15) is 30.9 Å². The summed E-state index contributed by atoms with van der Waals surface area (Å²) in [5.74, 6) is 1.09. The van der Waals surface area contributed by atoms with Crippen LogP contribution in [0.4, 0.5) is 0 Å². The highest BCUT2D eigenvalue weighted by molar-refractivity contribution is 6.30. The molecule has 3 unspecified atom stereocenters. The Kier molecular flexibility index (Phi) is 2.12. The molecule has 2 rings (SSSR count). The maximum absolute atomic E-state index is 6.02. The second kappa shape index (κ2) is 3.03. The van der Waals surface area contributed by atoms with Crippen LogP contribution in [-0.4, -0.2) is 11.0 Å². The Hall–Kier alpha value is -0.470. The number of hydrogen-bond donors (Lipinski definition) is 2. The molecule has 0 radical (unpaired) electrons. The molecule has 0 fully saturated rings. The first-order valence-corrected chi connectivity index (χ1v) is 5.10. The molecule has 0 aliphatic heterocycles. The topological polar surface area (TPSA) is 41.8 Å². The van der Waals surface area contributed by atoms with Crippen LogP contribution in [0.2, 0.25) is 5.15 Å². The molecule has 1 aromatic heterocycles. The summed E-state index contributed by atoms with van der Waals surface area (Å²) in [6.45, 7) is 4.31. The van der Waals surface area contributed by atoms with Crippen molar-refractivity contribution in [2.24, 2.45) is 11.7 Å². The lowest BCUT2D eigenvalue weighted by Crippen LogP contribution is -2.26. The van der Waals surface area contributed by atoms with Crippen molar-refractivity contribution in [1.29, 1.82) is 0 Å². The Morgan fingerprint density at radius 2 is 2.38 bits per heavy atom. The second-order valence-corrected chi connectivity index (χ2v) is 4.48. The number of aromatic nitrogens is 1. The number of hydrogen-bond acceptors (Lipinski definition) is 1. The van der Waals surface area contributed by atoms with Crippen molar-refractivity contribution < 1.29 is 0 Å². The van der Waals surface area contributed by atoms with Gasteiger partial charge in [0, 0.05) is 18.2 Å². The summed E-state index contributed by atoms with van der Waals surface area (Å²) in [7, 11) is 0. The summed E-state index contributed by atoms with van der Waals surface area (Å²) in [6, 6.07) is 0.211. The largest absolute Gasteiger partial charge is 0.352 e. The Balaban J connectivity index is 2.41. The molecule has 13 heavy (non-hydrogen) atoms. The SMILES string of the molecule is CC(N)C1c2c[nH]c(Cl)c2CC1C. The third kappa shape index (κ3) is 1.29. The van der Waals surface area contributed by atoms with E-state index in [1.165, 1.54) is 11.1 Å². The van der Waals surface area contributed by atoms with E-state index < -0.39 is 0 Å². The van der Waals surface area contributed by atoms with Gasteiger partial charge in [-0.05, 0) is 30.4 Å². The van der Waals surface area contributed by atoms with Gasteiger partial charge in [-0.1, -0.05) is 18.5 Å². The van der Waals surface area contributed by atoms with E-state index in [1.807, 2.05) is 6.20 Å². The lowest BCUT2D eigenvalue weighted by molar-refractivity contribution is 0.438. The predicted octanol–water partition coefficient (Wildman–Crippen LogP) is 2.29. The van der Waals surface area contributed by atoms with Crippen LogP contribution in [0.5, 0.6) is 0 Å². The molecule has 0 saturated heterocycles. The molecule has 1 heterocycles. The van der Waals surface area contributed by atoms with Crippen LogP contribution in [-0.2, 0) is 6.42 Å². The van der Waals surface area contributed by atoms with Gasteiger partial charge in [-0.3, -0.25) is 0 Å². The Morgan fingerprint density at radius 3 is 3.00 bits per heavy atom. The number of halogens is 1. The Labute approximate surface area is 83.5 Å². The highest BCUT2D eigenvalue weighted by Crippen LogP contribution is 2.42. The summed E-state index contributed by atoms with van der Waals surface area (Å²) in [6.07, 6.45) is 3.07. The highest BCUT2D eigenvalue weighted by Gasteiger charge is 2.34. The van der Waals surface area contributed by atoms with Gasteiger partial charge >= 0.3 is 0 Å². The fourth-order valence-electron chi connectivity index (χ4n) is 2.50. The molecule has 0 saturated carbocycles. The lowest BCUT2D eigenvalue weighted by Gasteiger charge is -2.19. The van der Waals surface area contributed by atoms with Gasteiger partial charge in [0.1, 0.15) is 5.15 Å². The molecule has 3 atom stereocenters. The van der Waals surface area contributed by atoms with Gasteiger partial charge in [0.15, 0.2) is 0 Å². The van der Waals surface area contributed by atoms with Crippen LogP contribution in [0.15, 0.2) is 6.20 Å². The van der Waals surface area contributed by atoms with Gasteiger partial charge in [0.05, 0.1) is 0 Å². The van der Waals surface area contributed by atoms with Crippen molar-refractivity contribution in [3.63, 3.8) is 0 Å². The normalized spacial score (nSPS) is 28.9. The molecule has 1 aliphatic carbocycles. The molecule has 3 heteroatoms. The molecule has 0 spiro atoms. The van der Waals surface area contributed by atoms with Crippen LogP contribution < -0.4 is 5.73 Å². The zero-order valence-electron chi connectivity index (χ0n) is 7.97. The number of rotatable bonds is 1. The fourth-order valence-corrected chi connectivity index (χ4v) is 2.74. The fraction of sp³-hybridized carbons (Fsp3) is 0.600. The first-order valence-electron chi connectivity index (χ1n) is 4.72. The van der Waals surface area contributed by atoms with Crippen LogP contribution in [0.25, 0.3) is 0 Å². The molecule has 72 valence electrons. The van der Waals surface area contributed by atoms with E-state index in [4.69, 9.17) is 17.3 Å². The molecule has 0 aromatic carbocycles. The third-order valence-electron chi connectivity index (χ3n) is 3.03. The average Bonchev–Trinajstić information content (AvgIpc) is 2.51. The van der Waals surface area contributed by atoms with E-state index in [2.05, 4.69) is 18.8 Å². The monoisotopic (exact) mass is 198 g/mol. The first-order chi connectivity index (χ1) is 6.11. The van der Waals surface area contributed by atoms with Crippen molar-refractivity contribution in [2.45, 2.75) is 32.2 Å². The predicted molar refractivity (Wildman–Crippen MR) is 55.1 cm³/mol. The maximum Gasteiger partial charge on any atom is 0.109 e. The van der Waals surface area contributed by atoms with Crippen molar-refractivity contribution in [3.8, 4) is 0 Å². The highest BCUT2D eigenvalue weighted by atomic mass is 35.5. The number of nitrogens with one attached hydrogen (secondary N) is 1. The molecule has 2 nitrogen and oxygen atoms in total. The maximum atomic E-state index is 6.02. The smallest absolute Gasteiger partial charge is 0.109 e. The van der Waals surface area contributed by atoms with E-state index in [0.717, 1.165) is 11.6 Å². The van der Waals surface area contributed by atoms with Crippen molar-refractivity contribution in [2.75, 3.05) is 0 Å². The van der Waals surface area contributed by atoms with Gasteiger partial charge in [-0.15, -0.1) is 0 Å². The quantitative estimate of drug-likeness (QED) is 0.715. The number of aromatic amines is 1. The van der Waals surface area contributed by atoms with E-state index in [1.54, 1.807) is 0 Å². The van der Waals surface area contributed by atoms with Gasteiger partial charge in [0.25, 0.3) is 0 Å². The minimum atomic E-state index is 0.211. The minimum Gasteiger partial charge on any atom is -0.352 e. The van der Waals surface area contributed by atoms with Crippen molar-refractivity contribution in [3.05, 3.63) is 22.5 Å². The summed E-state index contributed by atoms with van der Waals surface area (Å²) in [5, 5.41) is 0.796. The van der Waals surface area contributed by atoms with Crippen molar-refractivity contribution >= 4 is 11.6 Å². The second-order valence-electron chi connectivity index (χ2n) is 4.10. The molecule has 1 aliphatic rings. The van der Waals surface area contributed by atoms with E-state index in [9.17, 15) is 0 Å². The number of nitrogens with two attached hydrogens (primary N) is 1. The van der Waals surface area contributed by atoms with Gasteiger partial charge < -0.3 is 10.7 Å². The Morgan fingerprint density at radius 1 is 1.69 bits per heavy atom. The molecular formula is C10H15ClN2. The zero-order chi connectivity index (χ0) is 9.59. The number of H-pyrrole nitrogens is 1. The van der Waals surface area contributed by atoms with Crippen LogP contribution in [0.3, 0.4) is 0 Å². The van der Waals surface area contributed by atoms with E-state index >= 15 is 0 Å². The minimum absolute atomic E-state index is 0.211. The van der Waals surface area contributed by atoms with Gasteiger partial charge in [-0.2, -0.15) is 0 Å². The zero-order valence-corrected chi connectivity index (χ0v) is 8.73. The molecule has 1 aromatic rings. The standard InChI is InChI=1S/C10H15ClN2/c1-5-3-7-8(4-13-10(7)11)9(5)6(2)12/h4-6,9,13H,3,12H2,1-2H3. The molecule has 3 N–H and O–H groups in total. The summed E-state index contributed by atoms with van der Waals surface area (Å²) in [4.78, 5) is 3.05.